The summed E-state index contributed by atoms with van der Waals surface area (Å²) in [4.78, 5) is 72.5. The second-order valence-corrected chi connectivity index (χ2v) is 29.1. The average Bonchev–Trinajstić information content (AvgIpc) is 3.50. The van der Waals surface area contributed by atoms with Gasteiger partial charge in [-0.15, -0.1) is 0 Å². The number of unbranched alkanes of at least 4 members (excludes halogenated alkanes) is 39. The van der Waals surface area contributed by atoms with E-state index in [1.165, 1.54) is 167 Å². The van der Waals surface area contributed by atoms with Crippen molar-refractivity contribution in [3.8, 4) is 0 Å². The summed E-state index contributed by atoms with van der Waals surface area (Å²) >= 11 is 0. The van der Waals surface area contributed by atoms with E-state index in [4.69, 9.17) is 37.0 Å². The zero-order valence-electron chi connectivity index (χ0n) is 57.7. The number of phosphoric acid groups is 2. The monoisotopic (exact) mass is 1310 g/mol. The molecule has 5 atom stereocenters. The van der Waals surface area contributed by atoms with E-state index in [2.05, 4.69) is 41.5 Å². The van der Waals surface area contributed by atoms with E-state index >= 15 is 0 Å². The van der Waals surface area contributed by atoms with Crippen molar-refractivity contribution >= 4 is 39.5 Å². The Bertz CT molecular complexity index is 1730. The quantitative estimate of drug-likeness (QED) is 0.0222. The zero-order valence-corrected chi connectivity index (χ0v) is 59.5. The van der Waals surface area contributed by atoms with Gasteiger partial charge in [0.1, 0.15) is 19.3 Å². The molecule has 0 aliphatic carbocycles. The highest BCUT2D eigenvalue weighted by atomic mass is 31.2. The maximum atomic E-state index is 13.0. The maximum absolute atomic E-state index is 13.0. The summed E-state index contributed by atoms with van der Waals surface area (Å²) in [7, 11) is -9.90. The number of esters is 4. The first kappa shape index (κ1) is 87.1. The summed E-state index contributed by atoms with van der Waals surface area (Å²) in [6.45, 7) is 9.42. The summed E-state index contributed by atoms with van der Waals surface area (Å²) in [6.07, 6.45) is 47.4. The first-order chi connectivity index (χ1) is 42.9. The van der Waals surface area contributed by atoms with Gasteiger partial charge in [0.2, 0.25) is 0 Å². The molecule has 0 aromatic heterocycles. The predicted molar refractivity (Wildman–Crippen MR) is 358 cm³/mol. The van der Waals surface area contributed by atoms with Gasteiger partial charge in [0.15, 0.2) is 12.2 Å². The molecule has 0 aliphatic rings. The molecule has 0 amide bonds. The van der Waals surface area contributed by atoms with Crippen molar-refractivity contribution < 1.29 is 80.2 Å². The highest BCUT2D eigenvalue weighted by molar-refractivity contribution is 7.47. The Morgan fingerprint density at radius 2 is 0.517 bits per heavy atom. The Labute approximate surface area is 543 Å². The van der Waals surface area contributed by atoms with E-state index in [1.807, 2.05) is 0 Å². The molecular formula is C70H136O17P2. The molecule has 0 saturated carbocycles. The van der Waals surface area contributed by atoms with Crippen LogP contribution in [0.25, 0.3) is 0 Å². The number of rotatable bonds is 69. The van der Waals surface area contributed by atoms with Gasteiger partial charge >= 0.3 is 39.5 Å². The van der Waals surface area contributed by atoms with Crippen molar-refractivity contribution in [1.82, 2.24) is 0 Å². The van der Waals surface area contributed by atoms with Crippen molar-refractivity contribution in [3.05, 3.63) is 0 Å². The van der Waals surface area contributed by atoms with Gasteiger partial charge in [-0.1, -0.05) is 305 Å². The number of aliphatic hydroxyl groups is 1. The van der Waals surface area contributed by atoms with Crippen LogP contribution in [0.15, 0.2) is 0 Å². The van der Waals surface area contributed by atoms with Crippen LogP contribution < -0.4 is 0 Å². The standard InChI is InChI=1S/C70H136O17P2/c1-7-9-11-13-15-17-19-21-22-23-24-25-27-29-34-42-48-54-69(74)86-65(58-80-67(72)52-46-40-33-28-26-20-18-16-14-12-10-8-2)60-84-88(76,77)82-56-64(71)57-83-89(78,79)85-61-66(59-81-68(73)53-47-41-37-36-39-45-51-63(5)6)87-70(75)55-49-43-35-31-30-32-38-44-50-62(3)4/h62-66,71H,7-61H2,1-6H3,(H,76,77)(H,78,79)/t64-,65-,66-/m1/s1. The van der Waals surface area contributed by atoms with Gasteiger partial charge in [-0.2, -0.15) is 0 Å². The summed E-state index contributed by atoms with van der Waals surface area (Å²) in [5.74, 6) is -0.729. The van der Waals surface area contributed by atoms with E-state index < -0.39 is 97.5 Å². The van der Waals surface area contributed by atoms with Crippen LogP contribution in [-0.4, -0.2) is 96.7 Å². The first-order valence-corrected chi connectivity index (χ1v) is 39.5. The van der Waals surface area contributed by atoms with Gasteiger partial charge < -0.3 is 33.8 Å². The third-order valence-corrected chi connectivity index (χ3v) is 18.1. The number of phosphoric ester groups is 2. The fourth-order valence-corrected chi connectivity index (χ4v) is 12.2. The van der Waals surface area contributed by atoms with Crippen LogP contribution in [0.5, 0.6) is 0 Å². The van der Waals surface area contributed by atoms with Gasteiger partial charge in [0, 0.05) is 25.7 Å². The number of hydrogen-bond donors (Lipinski definition) is 3. The number of carbonyl (C=O) groups excluding carboxylic acids is 4. The van der Waals surface area contributed by atoms with Gasteiger partial charge in [0.05, 0.1) is 26.4 Å². The molecule has 89 heavy (non-hydrogen) atoms. The molecule has 0 aromatic carbocycles. The summed E-state index contributed by atoms with van der Waals surface area (Å²) < 4.78 is 68.2. The third-order valence-electron chi connectivity index (χ3n) is 16.2. The highest BCUT2D eigenvalue weighted by Gasteiger charge is 2.30. The lowest BCUT2D eigenvalue weighted by molar-refractivity contribution is -0.161. The summed E-state index contributed by atoms with van der Waals surface area (Å²) in [5.41, 5.74) is 0. The molecule has 0 spiro atoms. The highest BCUT2D eigenvalue weighted by Crippen LogP contribution is 2.45. The maximum Gasteiger partial charge on any atom is 0.472 e. The molecule has 0 aromatic rings. The smallest absolute Gasteiger partial charge is 0.462 e. The van der Waals surface area contributed by atoms with E-state index in [9.17, 15) is 43.2 Å². The Morgan fingerprint density at radius 1 is 0.303 bits per heavy atom. The largest absolute Gasteiger partial charge is 0.472 e. The van der Waals surface area contributed by atoms with E-state index in [0.29, 0.717) is 31.6 Å². The summed E-state index contributed by atoms with van der Waals surface area (Å²) in [6, 6.07) is 0. The van der Waals surface area contributed by atoms with Crippen LogP contribution in [0, 0.1) is 11.8 Å². The minimum absolute atomic E-state index is 0.104. The van der Waals surface area contributed by atoms with Crippen LogP contribution in [0.4, 0.5) is 0 Å². The van der Waals surface area contributed by atoms with Crippen LogP contribution >= 0.6 is 15.6 Å². The van der Waals surface area contributed by atoms with Crippen molar-refractivity contribution in [2.45, 2.75) is 374 Å². The molecule has 0 radical (unpaired) electrons. The molecule has 19 heteroatoms. The number of ether oxygens (including phenoxy) is 4. The molecule has 528 valence electrons. The molecular weight excluding hydrogens is 1170 g/mol. The fraction of sp³-hybridized carbons (Fsp3) is 0.943. The minimum Gasteiger partial charge on any atom is -0.462 e. The van der Waals surface area contributed by atoms with Gasteiger partial charge in [-0.25, -0.2) is 9.13 Å². The normalized spacial score (nSPS) is 14.1. The third kappa shape index (κ3) is 64.6. The number of aliphatic hydroxyl groups excluding tert-OH is 1. The topological polar surface area (TPSA) is 237 Å². The number of hydrogen-bond acceptors (Lipinski definition) is 15. The molecule has 0 heterocycles. The van der Waals surface area contributed by atoms with Crippen molar-refractivity contribution in [2.75, 3.05) is 39.6 Å². The molecule has 3 N–H and O–H groups in total. The predicted octanol–water partition coefficient (Wildman–Crippen LogP) is 20.0. The van der Waals surface area contributed by atoms with Crippen molar-refractivity contribution in [2.24, 2.45) is 11.8 Å². The molecule has 0 bridgehead atoms. The van der Waals surface area contributed by atoms with E-state index in [0.717, 1.165) is 102 Å². The van der Waals surface area contributed by atoms with Crippen LogP contribution in [0.1, 0.15) is 356 Å². The second kappa shape index (κ2) is 62.2. The molecule has 0 aliphatic heterocycles. The van der Waals surface area contributed by atoms with Gasteiger partial charge in [-0.3, -0.25) is 37.3 Å². The van der Waals surface area contributed by atoms with Gasteiger partial charge in [0.25, 0.3) is 0 Å². The molecule has 2 unspecified atom stereocenters. The Hall–Kier alpha value is -1.94. The Kier molecular flexibility index (Phi) is 60.8. The molecule has 17 nitrogen and oxygen atoms in total. The van der Waals surface area contributed by atoms with Crippen LogP contribution in [-0.2, 0) is 65.4 Å². The number of carbonyl (C=O) groups is 4. The zero-order chi connectivity index (χ0) is 65.7. The first-order valence-electron chi connectivity index (χ1n) is 36.5. The van der Waals surface area contributed by atoms with Crippen molar-refractivity contribution in [3.63, 3.8) is 0 Å². The lowest BCUT2D eigenvalue weighted by atomic mass is 10.0. The Morgan fingerprint density at radius 3 is 0.764 bits per heavy atom. The average molecular weight is 1310 g/mol. The molecule has 0 fully saturated rings. The van der Waals surface area contributed by atoms with E-state index in [1.54, 1.807) is 0 Å². The fourth-order valence-electron chi connectivity index (χ4n) is 10.6. The van der Waals surface area contributed by atoms with Gasteiger partial charge in [-0.05, 0) is 37.5 Å². The SMILES string of the molecule is CCCCCCCCCCCCCCCCCCCC(=O)O[C@H](COC(=O)CCCCCCCCCCCCCC)COP(=O)(O)OC[C@@H](O)COP(=O)(O)OC[C@@H](COC(=O)CCCCCCCCC(C)C)OC(=O)CCCCCCCCCCC(C)C. The van der Waals surface area contributed by atoms with Crippen molar-refractivity contribution in [1.29, 1.82) is 0 Å². The molecule has 0 saturated heterocycles. The van der Waals surface area contributed by atoms with E-state index in [-0.39, 0.29) is 25.7 Å². The van der Waals surface area contributed by atoms with Crippen LogP contribution in [0.3, 0.4) is 0 Å². The Balaban J connectivity index is 5.22. The lowest BCUT2D eigenvalue weighted by Crippen LogP contribution is -2.30. The minimum atomic E-state index is -4.95. The second-order valence-electron chi connectivity index (χ2n) is 26.2. The molecule has 0 rings (SSSR count). The van der Waals surface area contributed by atoms with Crippen LogP contribution in [0.2, 0.25) is 0 Å². The lowest BCUT2D eigenvalue weighted by Gasteiger charge is -2.21. The summed E-state index contributed by atoms with van der Waals surface area (Å²) in [5, 5.41) is 10.6.